The van der Waals surface area contributed by atoms with Crippen molar-refractivity contribution < 1.29 is 22.6 Å². The Bertz CT molecular complexity index is 2040. The highest BCUT2D eigenvalue weighted by Gasteiger charge is 2.53. The van der Waals surface area contributed by atoms with Gasteiger partial charge in [-0.2, -0.15) is 15.2 Å². The second-order valence-electron chi connectivity index (χ2n) is 13.4. The number of nitriles is 1. The fraction of sp³-hybridized carbons (Fsp3) is 0.485. The fourth-order valence-corrected chi connectivity index (χ4v) is 10.2. The largest absolute Gasteiger partial charge is 0.489 e. The van der Waals surface area contributed by atoms with E-state index in [1.54, 1.807) is 0 Å². The van der Waals surface area contributed by atoms with Gasteiger partial charge in [0.1, 0.15) is 47.1 Å². The molecular weight excluding hydrogens is 651 g/mol. The summed E-state index contributed by atoms with van der Waals surface area (Å²) in [6.45, 7) is 3.96. The van der Waals surface area contributed by atoms with E-state index in [0.717, 1.165) is 43.6 Å². The lowest BCUT2D eigenvalue weighted by Gasteiger charge is -2.40. The summed E-state index contributed by atoms with van der Waals surface area (Å²) < 4.78 is 60.0. The molecule has 3 N–H and O–H groups in total. The number of alkyl halides is 1. The molecule has 9 nitrogen and oxygen atoms in total. The minimum atomic E-state index is -0.945. The average Bonchev–Trinajstić information content (AvgIpc) is 3.77. The molecular formula is C33H31ClF3N7O2S. The van der Waals surface area contributed by atoms with E-state index in [9.17, 15) is 9.65 Å². The van der Waals surface area contributed by atoms with Crippen LogP contribution in [0.15, 0.2) is 12.1 Å². The van der Waals surface area contributed by atoms with Crippen LogP contribution in [0.1, 0.15) is 44.6 Å². The monoisotopic (exact) mass is 681 g/mol. The highest BCUT2D eigenvalue weighted by molar-refractivity contribution is 7.23. The first-order chi connectivity index (χ1) is 22.7. The van der Waals surface area contributed by atoms with E-state index in [0.29, 0.717) is 30.7 Å². The van der Waals surface area contributed by atoms with Gasteiger partial charge in [-0.3, -0.25) is 4.90 Å². The van der Waals surface area contributed by atoms with Crippen molar-refractivity contribution in [3.63, 3.8) is 0 Å². The number of piperazine rings is 1. The Morgan fingerprint density at radius 3 is 2.94 bits per heavy atom. The van der Waals surface area contributed by atoms with Crippen LogP contribution in [0.2, 0.25) is 5.02 Å². The quantitative estimate of drug-likeness (QED) is 0.270. The number of nitrogens with one attached hydrogen (secondary N) is 1. The van der Waals surface area contributed by atoms with E-state index in [1.807, 2.05) is 6.92 Å². The Balaban J connectivity index is 1.27. The molecule has 7 heterocycles. The van der Waals surface area contributed by atoms with Gasteiger partial charge in [-0.15, -0.1) is 11.3 Å². The molecule has 4 aromatic rings. The van der Waals surface area contributed by atoms with Gasteiger partial charge in [0.25, 0.3) is 0 Å². The molecule has 14 heteroatoms. The highest BCUT2D eigenvalue weighted by Crippen LogP contribution is 2.52. The lowest BCUT2D eigenvalue weighted by atomic mass is 9.88. The molecule has 0 spiro atoms. The van der Waals surface area contributed by atoms with Gasteiger partial charge in [0.05, 0.1) is 32.3 Å². The van der Waals surface area contributed by atoms with E-state index in [1.165, 1.54) is 12.1 Å². The first kappa shape index (κ1) is 29.6. The third-order valence-electron chi connectivity index (χ3n) is 11.1. The van der Waals surface area contributed by atoms with Crippen molar-refractivity contribution in [2.75, 3.05) is 36.9 Å². The van der Waals surface area contributed by atoms with Crippen molar-refractivity contribution in [3.8, 4) is 29.0 Å². The summed E-state index contributed by atoms with van der Waals surface area (Å²) in [6, 6.07) is 4.90. The van der Waals surface area contributed by atoms with Gasteiger partial charge in [0, 0.05) is 42.5 Å². The Kier molecular flexibility index (Phi) is 6.58. The summed E-state index contributed by atoms with van der Waals surface area (Å²) in [5.74, 6) is -0.668. The number of aromatic nitrogens is 2. The van der Waals surface area contributed by atoms with Gasteiger partial charge < -0.3 is 25.4 Å². The van der Waals surface area contributed by atoms with Gasteiger partial charge in [-0.25, -0.2) is 13.2 Å². The molecule has 0 aliphatic carbocycles. The van der Waals surface area contributed by atoms with Crippen LogP contribution in [0, 0.1) is 23.0 Å². The fourth-order valence-electron chi connectivity index (χ4n) is 8.92. The van der Waals surface area contributed by atoms with Crippen molar-refractivity contribution in [2.24, 2.45) is 0 Å². The van der Waals surface area contributed by atoms with Crippen LogP contribution >= 0.6 is 22.9 Å². The van der Waals surface area contributed by atoms with Crippen LogP contribution in [0.3, 0.4) is 0 Å². The number of fused-ring (bicyclic) bond motifs is 7. The first-order valence-electron chi connectivity index (χ1n) is 16.0. The Morgan fingerprint density at radius 1 is 1.26 bits per heavy atom. The molecule has 0 amide bonds. The number of nitrogens with two attached hydrogens (primary N) is 1. The summed E-state index contributed by atoms with van der Waals surface area (Å²) >= 11 is 8.00. The predicted molar refractivity (Wildman–Crippen MR) is 174 cm³/mol. The second kappa shape index (κ2) is 10.5. The number of thiophene rings is 1. The number of halogens is 4. The van der Waals surface area contributed by atoms with Gasteiger partial charge in [0.15, 0.2) is 11.6 Å². The minimum Gasteiger partial charge on any atom is -0.489 e. The van der Waals surface area contributed by atoms with Gasteiger partial charge in [-0.1, -0.05) is 17.7 Å². The molecule has 0 radical (unpaired) electrons. The molecule has 2 bridgehead atoms. The van der Waals surface area contributed by atoms with Crippen molar-refractivity contribution in [2.45, 2.75) is 75.0 Å². The van der Waals surface area contributed by atoms with Crippen LogP contribution in [0.5, 0.6) is 11.8 Å². The number of nitrogens with zero attached hydrogens (tertiary/aromatic N) is 5. The third-order valence-corrected chi connectivity index (χ3v) is 12.5. The molecule has 0 saturated carbocycles. The number of ether oxygens (including phenoxy) is 2. The molecule has 2 aromatic heterocycles. The van der Waals surface area contributed by atoms with Crippen molar-refractivity contribution in [3.05, 3.63) is 34.4 Å². The van der Waals surface area contributed by atoms with Crippen LogP contribution in [0.4, 0.5) is 24.0 Å². The molecule has 1 unspecified atom stereocenters. The zero-order valence-corrected chi connectivity index (χ0v) is 27.0. The van der Waals surface area contributed by atoms with Gasteiger partial charge in [0.2, 0.25) is 0 Å². The lowest BCUT2D eigenvalue weighted by molar-refractivity contribution is 0.0402. The maximum absolute atomic E-state index is 17.2. The first-order valence-corrected chi connectivity index (χ1v) is 17.2. The Hall–Kier alpha value is -3.57. The third kappa shape index (κ3) is 4.14. The van der Waals surface area contributed by atoms with Crippen molar-refractivity contribution in [1.82, 2.24) is 20.2 Å². The van der Waals surface area contributed by atoms with Crippen molar-refractivity contribution in [1.29, 1.82) is 5.26 Å². The summed E-state index contributed by atoms with van der Waals surface area (Å²) in [5, 5.41) is 14.2. The standard InChI is InChI=1S/C33H31ClF3N7O2S/c1-14(33-7-2-8-43(33)11-15(35)9-33)46-32-41-27-24-28(45-13-21-20-6-3-16(40-20)12-44(21)31(24)42-32)25(34)23(26(27)37)17-4-5-19(36)29-22(17)18(10-38)30(39)47-29/h4-5,14-16,20-21,40H,2-3,6-9,11-13,39H2,1H3/t14?,15-,16-,20+,21-,33+/m1/s1. The molecule has 9 rings (SSSR count). The summed E-state index contributed by atoms with van der Waals surface area (Å²) in [7, 11) is 0. The van der Waals surface area contributed by atoms with E-state index < -0.39 is 29.4 Å². The Morgan fingerprint density at radius 2 is 2.11 bits per heavy atom. The average molecular weight is 682 g/mol. The molecule has 244 valence electrons. The molecule has 5 aliphatic rings. The molecule has 6 atom stereocenters. The van der Waals surface area contributed by atoms with E-state index in [-0.39, 0.29) is 78.8 Å². The number of rotatable bonds is 4. The SMILES string of the molecule is CC(Oc1nc2c3c(c(Cl)c(-c4ccc(F)c5sc(N)c(C#N)c45)c(F)c3n1)OC[C@@H]1[C@@H]3CC[C@H](CN21)N3)[C@@]12CCCN1C[C@H](F)C2. The van der Waals surface area contributed by atoms with Crippen LogP contribution < -0.4 is 25.4 Å². The summed E-state index contributed by atoms with van der Waals surface area (Å²) in [6.07, 6.45) is 2.63. The van der Waals surface area contributed by atoms with Crippen LogP contribution in [-0.4, -0.2) is 77.0 Å². The highest BCUT2D eigenvalue weighted by atomic mass is 35.5. The van der Waals surface area contributed by atoms with Gasteiger partial charge in [-0.05, 0) is 50.8 Å². The predicted octanol–water partition coefficient (Wildman–Crippen LogP) is 5.94. The van der Waals surface area contributed by atoms with Gasteiger partial charge >= 0.3 is 6.01 Å². The number of anilines is 2. The molecule has 4 fully saturated rings. The molecule has 2 aromatic carbocycles. The lowest BCUT2D eigenvalue weighted by Crippen LogP contribution is -2.60. The molecule has 47 heavy (non-hydrogen) atoms. The molecule has 4 saturated heterocycles. The topological polar surface area (TPSA) is 113 Å². The number of hydrogen-bond donors (Lipinski definition) is 2. The van der Waals surface area contributed by atoms with Crippen LogP contribution in [-0.2, 0) is 0 Å². The normalized spacial score (nSPS) is 28.6. The second-order valence-corrected chi connectivity index (χ2v) is 14.9. The van der Waals surface area contributed by atoms with E-state index in [2.05, 4.69) is 26.2 Å². The smallest absolute Gasteiger partial charge is 0.319 e. The number of benzene rings is 2. The van der Waals surface area contributed by atoms with Crippen LogP contribution in [0.25, 0.3) is 32.1 Å². The zero-order valence-electron chi connectivity index (χ0n) is 25.5. The summed E-state index contributed by atoms with van der Waals surface area (Å²) in [4.78, 5) is 13.9. The molecule has 5 aliphatic heterocycles. The summed E-state index contributed by atoms with van der Waals surface area (Å²) in [5.41, 5.74) is 5.73. The Labute approximate surface area is 277 Å². The minimum absolute atomic E-state index is 0.0186. The number of hydrogen-bond acceptors (Lipinski definition) is 10. The van der Waals surface area contributed by atoms with E-state index >= 15 is 8.78 Å². The maximum atomic E-state index is 17.2. The zero-order chi connectivity index (χ0) is 32.4. The maximum Gasteiger partial charge on any atom is 0.319 e. The van der Waals surface area contributed by atoms with Crippen molar-refractivity contribution >= 4 is 54.7 Å². The number of nitrogen functional groups attached to an aromatic ring is 1. The van der Waals surface area contributed by atoms with E-state index in [4.69, 9.17) is 31.8 Å².